The number of hydrogen-bond donors (Lipinski definition) is 1. The van der Waals surface area contributed by atoms with Crippen molar-refractivity contribution in [3.63, 3.8) is 0 Å². The van der Waals surface area contributed by atoms with Crippen molar-refractivity contribution in [2.75, 3.05) is 5.32 Å². The first-order valence-corrected chi connectivity index (χ1v) is 7.14. The van der Waals surface area contributed by atoms with Crippen LogP contribution < -0.4 is 5.32 Å². The maximum absolute atomic E-state index is 10.8. The number of nitro groups is 1. The Balaban J connectivity index is 2.19. The van der Waals surface area contributed by atoms with E-state index in [4.69, 9.17) is 23.2 Å². The lowest BCUT2D eigenvalue weighted by Crippen LogP contribution is -2.01. The Bertz CT molecular complexity index is 665. The second-order valence-corrected chi connectivity index (χ2v) is 5.73. The lowest BCUT2D eigenvalue weighted by Gasteiger charge is -2.09. The number of non-ortho nitro benzene ring substituents is 1. The minimum Gasteiger partial charge on any atom is -0.380 e. The summed E-state index contributed by atoms with van der Waals surface area (Å²) in [6, 6.07) is 10.0. The van der Waals surface area contributed by atoms with Crippen LogP contribution in [0.1, 0.15) is 5.56 Å². The van der Waals surface area contributed by atoms with Crippen LogP contribution in [-0.2, 0) is 6.54 Å². The molecule has 0 amide bonds. The SMILES string of the molecule is O=[N+]([O-])c1cc(Br)cc(CNc2cccc(Cl)c2Cl)c1. The van der Waals surface area contributed by atoms with Gasteiger partial charge in [-0.1, -0.05) is 45.2 Å². The van der Waals surface area contributed by atoms with E-state index in [0.717, 1.165) is 5.56 Å². The van der Waals surface area contributed by atoms with Gasteiger partial charge in [0.15, 0.2) is 0 Å². The fourth-order valence-corrected chi connectivity index (χ4v) is 2.57. The van der Waals surface area contributed by atoms with Gasteiger partial charge in [0.25, 0.3) is 5.69 Å². The molecule has 0 aromatic heterocycles. The number of halogens is 3. The summed E-state index contributed by atoms with van der Waals surface area (Å²) in [4.78, 5) is 10.4. The van der Waals surface area contributed by atoms with E-state index < -0.39 is 4.92 Å². The molecule has 1 N–H and O–H groups in total. The van der Waals surface area contributed by atoms with Crippen molar-refractivity contribution in [2.45, 2.75) is 6.54 Å². The number of benzene rings is 2. The molecule has 0 saturated carbocycles. The van der Waals surface area contributed by atoms with Crippen LogP contribution in [0.5, 0.6) is 0 Å². The topological polar surface area (TPSA) is 55.2 Å². The Morgan fingerprint density at radius 1 is 1.25 bits per heavy atom. The van der Waals surface area contributed by atoms with Gasteiger partial charge in [-0.2, -0.15) is 0 Å². The van der Waals surface area contributed by atoms with Gasteiger partial charge in [-0.15, -0.1) is 0 Å². The number of hydrogen-bond acceptors (Lipinski definition) is 3. The number of nitrogens with zero attached hydrogens (tertiary/aromatic N) is 1. The average Bonchev–Trinajstić information content (AvgIpc) is 2.40. The van der Waals surface area contributed by atoms with Crippen molar-refractivity contribution in [2.24, 2.45) is 0 Å². The van der Waals surface area contributed by atoms with Gasteiger partial charge in [-0.25, -0.2) is 0 Å². The quantitative estimate of drug-likeness (QED) is 0.584. The maximum Gasteiger partial charge on any atom is 0.270 e. The Labute approximate surface area is 134 Å². The Hall–Kier alpha value is -1.30. The van der Waals surface area contributed by atoms with E-state index in [1.165, 1.54) is 12.1 Å². The second kappa shape index (κ2) is 6.43. The molecule has 0 bridgehead atoms. The van der Waals surface area contributed by atoms with E-state index in [1.807, 2.05) is 0 Å². The fourth-order valence-electron chi connectivity index (χ4n) is 1.68. The molecule has 0 unspecified atom stereocenters. The molecular formula is C13H9BrCl2N2O2. The van der Waals surface area contributed by atoms with E-state index in [1.54, 1.807) is 24.3 Å². The summed E-state index contributed by atoms with van der Waals surface area (Å²) in [5.74, 6) is 0. The van der Waals surface area contributed by atoms with Crippen molar-refractivity contribution in [3.05, 3.63) is 66.6 Å². The molecule has 0 heterocycles. The summed E-state index contributed by atoms with van der Waals surface area (Å²) in [5.41, 5.74) is 1.48. The lowest BCUT2D eigenvalue weighted by atomic mass is 10.2. The van der Waals surface area contributed by atoms with Crippen LogP contribution in [0.2, 0.25) is 10.0 Å². The molecule has 0 spiro atoms. The zero-order chi connectivity index (χ0) is 14.7. The van der Waals surface area contributed by atoms with Crippen LogP contribution in [0.3, 0.4) is 0 Å². The van der Waals surface area contributed by atoms with Crippen molar-refractivity contribution >= 4 is 50.5 Å². The Morgan fingerprint density at radius 2 is 2.00 bits per heavy atom. The van der Waals surface area contributed by atoms with Gasteiger partial charge in [0.2, 0.25) is 0 Å². The molecule has 2 aromatic rings. The van der Waals surface area contributed by atoms with Crippen molar-refractivity contribution in [1.82, 2.24) is 0 Å². The smallest absolute Gasteiger partial charge is 0.270 e. The monoisotopic (exact) mass is 374 g/mol. The zero-order valence-corrected chi connectivity index (χ0v) is 13.2. The first kappa shape index (κ1) is 15.1. The van der Waals surface area contributed by atoms with Crippen molar-refractivity contribution in [1.29, 1.82) is 0 Å². The summed E-state index contributed by atoms with van der Waals surface area (Å²) in [7, 11) is 0. The molecule has 0 aliphatic rings. The van der Waals surface area contributed by atoms with Crippen LogP contribution in [0.4, 0.5) is 11.4 Å². The van der Waals surface area contributed by atoms with Crippen LogP contribution >= 0.6 is 39.1 Å². The van der Waals surface area contributed by atoms with Crippen LogP contribution in [0.15, 0.2) is 40.9 Å². The molecule has 0 fully saturated rings. The zero-order valence-electron chi connectivity index (χ0n) is 10.1. The van der Waals surface area contributed by atoms with Gasteiger partial charge < -0.3 is 5.32 Å². The minimum absolute atomic E-state index is 0.0355. The third-order valence-electron chi connectivity index (χ3n) is 2.59. The second-order valence-electron chi connectivity index (χ2n) is 4.03. The standard InChI is InChI=1S/C13H9BrCl2N2O2/c14-9-4-8(5-10(6-9)18(19)20)7-17-12-3-1-2-11(15)13(12)16/h1-6,17H,7H2. The summed E-state index contributed by atoms with van der Waals surface area (Å²) in [6.45, 7) is 0.403. The number of anilines is 1. The van der Waals surface area contributed by atoms with Crippen LogP contribution in [0.25, 0.3) is 0 Å². The predicted octanol–water partition coefficient (Wildman–Crippen LogP) is 5.28. The van der Waals surface area contributed by atoms with E-state index in [0.29, 0.717) is 26.8 Å². The van der Waals surface area contributed by atoms with Crippen LogP contribution in [-0.4, -0.2) is 4.92 Å². The van der Waals surface area contributed by atoms with Gasteiger partial charge in [0, 0.05) is 23.2 Å². The third-order valence-corrected chi connectivity index (χ3v) is 3.86. The van der Waals surface area contributed by atoms with Gasteiger partial charge in [-0.3, -0.25) is 10.1 Å². The molecule has 4 nitrogen and oxygen atoms in total. The van der Waals surface area contributed by atoms with Gasteiger partial charge in [-0.05, 0) is 23.8 Å². The van der Waals surface area contributed by atoms with E-state index in [-0.39, 0.29) is 5.69 Å². The minimum atomic E-state index is -0.430. The average molecular weight is 376 g/mol. The molecule has 2 aromatic carbocycles. The highest BCUT2D eigenvalue weighted by molar-refractivity contribution is 9.10. The highest BCUT2D eigenvalue weighted by Gasteiger charge is 2.09. The third kappa shape index (κ3) is 3.62. The van der Waals surface area contributed by atoms with E-state index in [9.17, 15) is 10.1 Å². The molecule has 0 aliphatic carbocycles. The highest BCUT2D eigenvalue weighted by atomic mass is 79.9. The fraction of sp³-hybridized carbons (Fsp3) is 0.0769. The van der Waals surface area contributed by atoms with E-state index in [2.05, 4.69) is 21.2 Å². The molecule has 2 rings (SSSR count). The van der Waals surface area contributed by atoms with Crippen molar-refractivity contribution < 1.29 is 4.92 Å². The van der Waals surface area contributed by atoms with Gasteiger partial charge >= 0.3 is 0 Å². The first-order valence-electron chi connectivity index (χ1n) is 5.59. The summed E-state index contributed by atoms with van der Waals surface area (Å²) in [6.07, 6.45) is 0. The largest absolute Gasteiger partial charge is 0.380 e. The van der Waals surface area contributed by atoms with Gasteiger partial charge in [0.05, 0.1) is 20.7 Å². The van der Waals surface area contributed by atoms with Gasteiger partial charge in [0.1, 0.15) is 0 Å². The summed E-state index contributed by atoms with van der Waals surface area (Å²) < 4.78 is 0.653. The molecule has 0 aliphatic heterocycles. The normalized spacial score (nSPS) is 10.3. The summed E-state index contributed by atoms with van der Waals surface area (Å²) >= 11 is 15.2. The molecule has 7 heteroatoms. The number of nitro benzene ring substituents is 1. The first-order chi connectivity index (χ1) is 9.47. The maximum atomic E-state index is 10.8. The van der Waals surface area contributed by atoms with E-state index >= 15 is 0 Å². The number of rotatable bonds is 4. The molecular weight excluding hydrogens is 367 g/mol. The molecule has 20 heavy (non-hydrogen) atoms. The Morgan fingerprint density at radius 3 is 2.70 bits per heavy atom. The van der Waals surface area contributed by atoms with Crippen molar-refractivity contribution in [3.8, 4) is 0 Å². The molecule has 104 valence electrons. The summed E-state index contributed by atoms with van der Waals surface area (Å²) in [5, 5.41) is 14.8. The number of nitrogens with one attached hydrogen (secondary N) is 1. The molecule has 0 saturated heterocycles. The highest BCUT2D eigenvalue weighted by Crippen LogP contribution is 2.30. The lowest BCUT2D eigenvalue weighted by molar-refractivity contribution is -0.385. The predicted molar refractivity (Wildman–Crippen MR) is 84.6 cm³/mol. The van der Waals surface area contributed by atoms with Crippen LogP contribution in [0, 0.1) is 10.1 Å². The Kier molecular flexibility index (Phi) is 4.86. The molecule has 0 radical (unpaired) electrons. The molecule has 0 atom stereocenters.